The number of hydrogen-bond acceptors (Lipinski definition) is 3. The number of thiol groups is 1. The van der Waals surface area contributed by atoms with Crippen LogP contribution in [0.2, 0.25) is 0 Å². The number of nitro benzene ring substituents is 1. The predicted octanol–water partition coefficient (Wildman–Crippen LogP) is 3.07. The quantitative estimate of drug-likeness (QED) is 0.464. The first kappa shape index (κ1) is 11.0. The van der Waals surface area contributed by atoms with Crippen LogP contribution in [-0.4, -0.2) is 4.92 Å². The zero-order valence-corrected chi connectivity index (χ0v) is 9.34. The largest absolute Gasteiger partial charge is 0.274 e. The van der Waals surface area contributed by atoms with Crippen molar-refractivity contribution in [1.82, 2.24) is 0 Å². The summed E-state index contributed by atoms with van der Waals surface area (Å²) in [6.07, 6.45) is 0. The van der Waals surface area contributed by atoms with Crippen molar-refractivity contribution in [3.05, 3.63) is 39.4 Å². The maximum absolute atomic E-state index is 10.8. The summed E-state index contributed by atoms with van der Waals surface area (Å²) < 4.78 is -0.492. The van der Waals surface area contributed by atoms with Crippen LogP contribution in [-0.2, 0) is 4.75 Å². The van der Waals surface area contributed by atoms with Crippen molar-refractivity contribution in [3.8, 4) is 0 Å². The summed E-state index contributed by atoms with van der Waals surface area (Å²) in [5, 5.41) is 10.8. The van der Waals surface area contributed by atoms with Gasteiger partial charge in [0.05, 0.1) is 4.92 Å². The van der Waals surface area contributed by atoms with Gasteiger partial charge >= 0.3 is 0 Å². The standard InChI is InChI=1S/C10H13NO2S/c1-7-5-4-6-8(11(12)13)9(7)10(2,3)14/h4-6,14H,1-3H3. The average Bonchev–Trinajstić information content (AvgIpc) is 2.01. The van der Waals surface area contributed by atoms with Crippen LogP contribution < -0.4 is 0 Å². The molecule has 76 valence electrons. The summed E-state index contributed by atoms with van der Waals surface area (Å²) in [6.45, 7) is 5.57. The molecule has 0 amide bonds. The number of nitrogens with zero attached hydrogens (tertiary/aromatic N) is 1. The molecule has 0 aliphatic carbocycles. The fraction of sp³-hybridized carbons (Fsp3) is 0.400. The highest BCUT2D eigenvalue weighted by molar-refractivity contribution is 7.81. The molecule has 0 aliphatic rings. The summed E-state index contributed by atoms with van der Waals surface area (Å²) in [5.74, 6) is 0. The molecule has 0 heterocycles. The number of aryl methyl sites for hydroxylation is 1. The van der Waals surface area contributed by atoms with Crippen molar-refractivity contribution in [2.24, 2.45) is 0 Å². The van der Waals surface area contributed by atoms with Gasteiger partial charge in [-0.25, -0.2) is 0 Å². The monoisotopic (exact) mass is 211 g/mol. The van der Waals surface area contributed by atoms with Crippen LogP contribution in [0.25, 0.3) is 0 Å². The Balaban J connectivity index is 3.45. The van der Waals surface area contributed by atoms with Crippen molar-refractivity contribution in [3.63, 3.8) is 0 Å². The molecule has 0 aromatic heterocycles. The third-order valence-corrected chi connectivity index (χ3v) is 2.28. The zero-order chi connectivity index (χ0) is 10.9. The van der Waals surface area contributed by atoms with Gasteiger partial charge in [0.25, 0.3) is 5.69 Å². The molecule has 0 atom stereocenters. The minimum Gasteiger partial charge on any atom is -0.258 e. The third kappa shape index (κ3) is 2.07. The van der Waals surface area contributed by atoms with E-state index in [9.17, 15) is 10.1 Å². The number of hydrogen-bond donors (Lipinski definition) is 1. The molecule has 0 N–H and O–H groups in total. The highest BCUT2D eigenvalue weighted by atomic mass is 32.1. The third-order valence-electron chi connectivity index (χ3n) is 2.06. The van der Waals surface area contributed by atoms with Gasteiger partial charge in [0.15, 0.2) is 0 Å². The molecule has 1 rings (SSSR count). The molecular weight excluding hydrogens is 198 g/mol. The summed E-state index contributed by atoms with van der Waals surface area (Å²) in [4.78, 5) is 10.4. The van der Waals surface area contributed by atoms with E-state index >= 15 is 0 Å². The Bertz CT molecular complexity index is 369. The van der Waals surface area contributed by atoms with E-state index in [0.29, 0.717) is 5.56 Å². The first-order chi connectivity index (χ1) is 6.34. The molecule has 0 saturated heterocycles. The van der Waals surface area contributed by atoms with Gasteiger partial charge in [-0.05, 0) is 26.3 Å². The molecule has 3 nitrogen and oxygen atoms in total. The predicted molar refractivity (Wildman–Crippen MR) is 59.8 cm³/mol. The van der Waals surface area contributed by atoms with Gasteiger partial charge in [0.2, 0.25) is 0 Å². The van der Waals surface area contributed by atoms with E-state index in [1.54, 1.807) is 6.07 Å². The normalized spacial score (nSPS) is 11.4. The highest BCUT2D eigenvalue weighted by Crippen LogP contribution is 2.36. The molecule has 1 aromatic carbocycles. The lowest BCUT2D eigenvalue weighted by atomic mass is 9.95. The minimum atomic E-state index is -0.492. The summed E-state index contributed by atoms with van der Waals surface area (Å²) in [5.41, 5.74) is 1.73. The number of nitro groups is 1. The van der Waals surface area contributed by atoms with Gasteiger partial charge < -0.3 is 0 Å². The lowest BCUT2D eigenvalue weighted by Crippen LogP contribution is -2.12. The smallest absolute Gasteiger partial charge is 0.258 e. The maximum Gasteiger partial charge on any atom is 0.274 e. The van der Waals surface area contributed by atoms with Crippen molar-refractivity contribution in [2.45, 2.75) is 25.5 Å². The van der Waals surface area contributed by atoms with Gasteiger partial charge in [0.1, 0.15) is 0 Å². The SMILES string of the molecule is Cc1cccc([N+](=O)[O-])c1C(C)(C)S. The molecule has 14 heavy (non-hydrogen) atoms. The van der Waals surface area contributed by atoms with Crippen molar-refractivity contribution in [1.29, 1.82) is 0 Å². The van der Waals surface area contributed by atoms with Crippen LogP contribution in [0.4, 0.5) is 5.69 Å². The van der Waals surface area contributed by atoms with Gasteiger partial charge in [-0.2, -0.15) is 12.6 Å². The van der Waals surface area contributed by atoms with Gasteiger partial charge in [-0.3, -0.25) is 10.1 Å². The van der Waals surface area contributed by atoms with Crippen LogP contribution in [0.15, 0.2) is 18.2 Å². The number of benzene rings is 1. The van der Waals surface area contributed by atoms with E-state index in [0.717, 1.165) is 5.56 Å². The molecule has 0 saturated carbocycles. The Morgan fingerprint density at radius 3 is 2.36 bits per heavy atom. The number of rotatable bonds is 2. The van der Waals surface area contributed by atoms with E-state index in [4.69, 9.17) is 0 Å². The molecule has 0 aliphatic heterocycles. The summed E-state index contributed by atoms with van der Waals surface area (Å²) in [6, 6.07) is 5.07. The minimum absolute atomic E-state index is 0.144. The van der Waals surface area contributed by atoms with Crippen molar-refractivity contribution < 1.29 is 4.92 Å². The first-order valence-corrected chi connectivity index (χ1v) is 4.75. The Hall–Kier alpha value is -1.03. The van der Waals surface area contributed by atoms with E-state index in [-0.39, 0.29) is 10.6 Å². The van der Waals surface area contributed by atoms with Crippen LogP contribution in [0.1, 0.15) is 25.0 Å². The van der Waals surface area contributed by atoms with Gasteiger partial charge in [-0.15, -0.1) is 0 Å². The summed E-state index contributed by atoms with van der Waals surface area (Å²) >= 11 is 4.37. The lowest BCUT2D eigenvalue weighted by molar-refractivity contribution is -0.385. The second-order valence-corrected chi connectivity index (χ2v) is 4.90. The Labute approximate surface area is 88.7 Å². The molecular formula is C10H13NO2S. The lowest BCUT2D eigenvalue weighted by Gasteiger charge is -2.20. The molecule has 0 bridgehead atoms. The molecule has 0 unspecified atom stereocenters. The molecule has 0 fully saturated rings. The van der Waals surface area contributed by atoms with Crippen LogP contribution >= 0.6 is 12.6 Å². The fourth-order valence-electron chi connectivity index (χ4n) is 1.60. The van der Waals surface area contributed by atoms with Crippen molar-refractivity contribution >= 4 is 18.3 Å². The Morgan fingerprint density at radius 1 is 1.43 bits per heavy atom. The van der Waals surface area contributed by atoms with Crippen LogP contribution in [0, 0.1) is 17.0 Å². The van der Waals surface area contributed by atoms with Crippen molar-refractivity contribution in [2.75, 3.05) is 0 Å². The molecule has 4 heteroatoms. The van der Waals surface area contributed by atoms with E-state index < -0.39 is 4.75 Å². The highest BCUT2D eigenvalue weighted by Gasteiger charge is 2.26. The van der Waals surface area contributed by atoms with E-state index in [1.165, 1.54) is 6.07 Å². The first-order valence-electron chi connectivity index (χ1n) is 4.31. The van der Waals surface area contributed by atoms with E-state index in [2.05, 4.69) is 12.6 Å². The summed E-state index contributed by atoms with van der Waals surface area (Å²) in [7, 11) is 0. The van der Waals surface area contributed by atoms with E-state index in [1.807, 2.05) is 26.8 Å². The maximum atomic E-state index is 10.8. The second-order valence-electron chi connectivity index (χ2n) is 3.79. The molecule has 0 radical (unpaired) electrons. The second kappa shape index (κ2) is 3.61. The zero-order valence-electron chi connectivity index (χ0n) is 8.44. The van der Waals surface area contributed by atoms with Gasteiger partial charge in [0, 0.05) is 16.4 Å². The average molecular weight is 211 g/mol. The molecule has 0 spiro atoms. The van der Waals surface area contributed by atoms with Crippen LogP contribution in [0.5, 0.6) is 0 Å². The van der Waals surface area contributed by atoms with Gasteiger partial charge in [-0.1, -0.05) is 12.1 Å². The Kier molecular flexibility index (Phi) is 2.85. The fourth-order valence-corrected chi connectivity index (χ4v) is 1.89. The Morgan fingerprint density at radius 2 is 2.00 bits per heavy atom. The topological polar surface area (TPSA) is 43.1 Å². The molecule has 1 aromatic rings. The van der Waals surface area contributed by atoms with Crippen LogP contribution in [0.3, 0.4) is 0 Å².